The number of aromatic nitrogens is 2. The smallest absolute Gasteiger partial charge is 0.209 e. The van der Waals surface area contributed by atoms with Crippen LogP contribution in [0.3, 0.4) is 0 Å². The molecule has 0 amide bonds. The molecule has 92 valence electrons. The average molecular weight is 247 g/mol. The standard InChI is InChI=1S/C9H17N3O3S/c1-2-4-12-8-9(7-11-12)15-5-3-6-16(10,13)14/h7-8H,2-6H2,1H3,(H2,10,13,14). The molecule has 0 aliphatic heterocycles. The molecule has 0 unspecified atom stereocenters. The van der Waals surface area contributed by atoms with Crippen LogP contribution in [0.15, 0.2) is 12.4 Å². The van der Waals surface area contributed by atoms with E-state index >= 15 is 0 Å². The molecule has 1 heterocycles. The summed E-state index contributed by atoms with van der Waals surface area (Å²) in [5.41, 5.74) is 0. The van der Waals surface area contributed by atoms with Gasteiger partial charge in [0.1, 0.15) is 0 Å². The highest BCUT2D eigenvalue weighted by molar-refractivity contribution is 7.89. The van der Waals surface area contributed by atoms with Crippen LogP contribution in [0.1, 0.15) is 19.8 Å². The van der Waals surface area contributed by atoms with E-state index in [2.05, 4.69) is 12.0 Å². The third-order valence-electron chi connectivity index (χ3n) is 1.90. The molecule has 1 aromatic heterocycles. The molecule has 0 radical (unpaired) electrons. The first-order chi connectivity index (χ1) is 7.51. The van der Waals surface area contributed by atoms with E-state index in [4.69, 9.17) is 9.88 Å². The number of hydrogen-bond acceptors (Lipinski definition) is 4. The molecule has 0 saturated heterocycles. The Morgan fingerprint density at radius 2 is 2.31 bits per heavy atom. The molecule has 0 aliphatic rings. The summed E-state index contributed by atoms with van der Waals surface area (Å²) >= 11 is 0. The highest BCUT2D eigenvalue weighted by Crippen LogP contribution is 2.08. The molecule has 0 aliphatic carbocycles. The van der Waals surface area contributed by atoms with Gasteiger partial charge in [-0.2, -0.15) is 5.10 Å². The summed E-state index contributed by atoms with van der Waals surface area (Å²) in [4.78, 5) is 0. The molecule has 2 N–H and O–H groups in total. The van der Waals surface area contributed by atoms with Crippen LogP contribution >= 0.6 is 0 Å². The van der Waals surface area contributed by atoms with Gasteiger partial charge in [0.05, 0.1) is 24.8 Å². The molecule has 7 heteroatoms. The van der Waals surface area contributed by atoms with Crippen molar-refractivity contribution in [1.29, 1.82) is 0 Å². The van der Waals surface area contributed by atoms with Crippen molar-refractivity contribution in [3.63, 3.8) is 0 Å². The first-order valence-corrected chi connectivity index (χ1v) is 6.88. The lowest BCUT2D eigenvalue weighted by atomic mass is 10.5. The second-order valence-electron chi connectivity index (χ2n) is 3.51. The van der Waals surface area contributed by atoms with E-state index < -0.39 is 10.0 Å². The van der Waals surface area contributed by atoms with Crippen LogP contribution in [0, 0.1) is 0 Å². The van der Waals surface area contributed by atoms with E-state index in [-0.39, 0.29) is 5.75 Å². The molecule has 0 atom stereocenters. The molecule has 16 heavy (non-hydrogen) atoms. The zero-order valence-electron chi connectivity index (χ0n) is 9.30. The lowest BCUT2D eigenvalue weighted by Crippen LogP contribution is -2.18. The van der Waals surface area contributed by atoms with Gasteiger partial charge in [0, 0.05) is 6.54 Å². The van der Waals surface area contributed by atoms with Gasteiger partial charge in [0.25, 0.3) is 0 Å². The quantitative estimate of drug-likeness (QED) is 0.704. The SMILES string of the molecule is CCCn1cc(OCCCS(N)(=O)=O)cn1. The molecule has 0 saturated carbocycles. The molecule has 0 spiro atoms. The van der Waals surface area contributed by atoms with Gasteiger partial charge >= 0.3 is 0 Å². The topological polar surface area (TPSA) is 87.2 Å². The van der Waals surface area contributed by atoms with Crippen molar-refractivity contribution in [3.8, 4) is 5.75 Å². The molecule has 0 bridgehead atoms. The van der Waals surface area contributed by atoms with Gasteiger partial charge in [-0.05, 0) is 12.8 Å². The molecule has 0 fully saturated rings. The van der Waals surface area contributed by atoms with Gasteiger partial charge in [0.15, 0.2) is 5.75 Å². The Balaban J connectivity index is 2.26. The fourth-order valence-electron chi connectivity index (χ4n) is 1.22. The summed E-state index contributed by atoms with van der Waals surface area (Å²) < 4.78 is 28.4. The normalized spacial score (nSPS) is 11.6. The van der Waals surface area contributed by atoms with Gasteiger partial charge in [-0.15, -0.1) is 0 Å². The van der Waals surface area contributed by atoms with Crippen LogP contribution in [0.4, 0.5) is 0 Å². The minimum atomic E-state index is -3.38. The summed E-state index contributed by atoms with van der Waals surface area (Å²) in [5, 5.41) is 8.94. The van der Waals surface area contributed by atoms with E-state index in [0.717, 1.165) is 13.0 Å². The van der Waals surface area contributed by atoms with Gasteiger partial charge in [-0.25, -0.2) is 13.6 Å². The van der Waals surface area contributed by atoms with Crippen LogP contribution < -0.4 is 9.88 Å². The number of nitrogens with zero attached hydrogens (tertiary/aromatic N) is 2. The maximum Gasteiger partial charge on any atom is 0.209 e. The zero-order chi connectivity index (χ0) is 12.0. The fourth-order valence-corrected chi connectivity index (χ4v) is 1.74. The number of ether oxygens (including phenoxy) is 1. The molecule has 0 aromatic carbocycles. The largest absolute Gasteiger partial charge is 0.490 e. The first-order valence-electron chi connectivity index (χ1n) is 5.17. The summed E-state index contributed by atoms with van der Waals surface area (Å²) in [5.74, 6) is 0.596. The predicted octanol–water partition coefficient (Wildman–Crippen LogP) is 0.350. The number of sulfonamides is 1. The van der Waals surface area contributed by atoms with Crippen LogP contribution in [-0.4, -0.2) is 30.6 Å². The van der Waals surface area contributed by atoms with Crippen molar-refractivity contribution in [2.45, 2.75) is 26.3 Å². The Labute approximate surface area is 95.4 Å². The maximum absolute atomic E-state index is 10.6. The second-order valence-corrected chi connectivity index (χ2v) is 5.24. The number of hydrogen-bond donors (Lipinski definition) is 1. The summed E-state index contributed by atoms with van der Waals surface area (Å²) in [7, 11) is -3.38. The highest BCUT2D eigenvalue weighted by Gasteiger charge is 2.03. The van der Waals surface area contributed by atoms with E-state index in [1.807, 2.05) is 0 Å². The van der Waals surface area contributed by atoms with Crippen LogP contribution in [0.2, 0.25) is 0 Å². The maximum atomic E-state index is 10.6. The Kier molecular flexibility index (Phi) is 4.75. The van der Waals surface area contributed by atoms with Crippen molar-refractivity contribution in [1.82, 2.24) is 9.78 Å². The number of nitrogens with two attached hydrogens (primary N) is 1. The Morgan fingerprint density at radius 1 is 1.56 bits per heavy atom. The van der Waals surface area contributed by atoms with Gasteiger partial charge in [0.2, 0.25) is 10.0 Å². The van der Waals surface area contributed by atoms with Crippen molar-refractivity contribution in [2.75, 3.05) is 12.4 Å². The lowest BCUT2D eigenvalue weighted by Gasteiger charge is -2.01. The minimum absolute atomic E-state index is 0.0594. The van der Waals surface area contributed by atoms with Crippen LogP contribution in [-0.2, 0) is 16.6 Å². The Morgan fingerprint density at radius 3 is 2.94 bits per heavy atom. The fraction of sp³-hybridized carbons (Fsp3) is 0.667. The number of primary sulfonamides is 1. The third-order valence-corrected chi connectivity index (χ3v) is 2.76. The van der Waals surface area contributed by atoms with Gasteiger partial charge in [-0.3, -0.25) is 4.68 Å². The van der Waals surface area contributed by atoms with Gasteiger partial charge < -0.3 is 4.74 Å². The predicted molar refractivity (Wildman–Crippen MR) is 60.6 cm³/mol. The van der Waals surface area contributed by atoms with Crippen LogP contribution in [0.5, 0.6) is 5.75 Å². The monoisotopic (exact) mass is 247 g/mol. The first kappa shape index (κ1) is 13.0. The highest BCUT2D eigenvalue weighted by atomic mass is 32.2. The number of aryl methyl sites for hydroxylation is 1. The summed E-state index contributed by atoms with van der Waals surface area (Å²) in [6, 6.07) is 0. The molecule has 1 aromatic rings. The number of rotatable bonds is 7. The minimum Gasteiger partial charge on any atom is -0.490 e. The van der Waals surface area contributed by atoms with Crippen molar-refractivity contribution in [2.24, 2.45) is 5.14 Å². The molecule has 1 rings (SSSR count). The summed E-state index contributed by atoms with van der Waals surface area (Å²) in [6.07, 6.45) is 4.80. The van der Waals surface area contributed by atoms with E-state index in [1.54, 1.807) is 17.1 Å². The molecular formula is C9H17N3O3S. The van der Waals surface area contributed by atoms with E-state index in [0.29, 0.717) is 18.8 Å². The summed E-state index contributed by atoms with van der Waals surface area (Å²) in [6.45, 7) is 3.24. The van der Waals surface area contributed by atoms with Crippen molar-refractivity contribution < 1.29 is 13.2 Å². The van der Waals surface area contributed by atoms with Crippen molar-refractivity contribution in [3.05, 3.63) is 12.4 Å². The third kappa shape index (κ3) is 5.13. The van der Waals surface area contributed by atoms with Crippen molar-refractivity contribution >= 4 is 10.0 Å². The van der Waals surface area contributed by atoms with Crippen LogP contribution in [0.25, 0.3) is 0 Å². The Hall–Kier alpha value is -1.08. The zero-order valence-corrected chi connectivity index (χ0v) is 10.1. The second kappa shape index (κ2) is 5.86. The molecule has 6 nitrogen and oxygen atoms in total. The van der Waals surface area contributed by atoms with Gasteiger partial charge in [-0.1, -0.05) is 6.92 Å². The Bertz CT molecular complexity index is 413. The van der Waals surface area contributed by atoms with E-state index in [9.17, 15) is 8.42 Å². The molecular weight excluding hydrogens is 230 g/mol. The van der Waals surface area contributed by atoms with E-state index in [1.165, 1.54) is 0 Å². The lowest BCUT2D eigenvalue weighted by molar-refractivity contribution is 0.317. The average Bonchev–Trinajstić information content (AvgIpc) is 2.60.